The fourth-order valence-electron chi connectivity index (χ4n) is 2.60. The molecule has 0 spiro atoms. The highest BCUT2D eigenvalue weighted by atomic mass is 35.5. The van der Waals surface area contributed by atoms with Gasteiger partial charge in [-0.05, 0) is 44.0 Å². The smallest absolute Gasteiger partial charge is 0.317 e. The molecule has 1 N–H and O–H groups in total. The number of anilines is 1. The molecule has 6 heteroatoms. The minimum Gasteiger partial charge on any atom is -0.382 e. The summed E-state index contributed by atoms with van der Waals surface area (Å²) in [6, 6.07) is 7.89. The molecule has 1 heterocycles. The molecule has 1 saturated heterocycles. The van der Waals surface area contributed by atoms with Gasteiger partial charge in [0.2, 0.25) is 0 Å². The second-order valence-electron chi connectivity index (χ2n) is 5.59. The summed E-state index contributed by atoms with van der Waals surface area (Å²) in [7, 11) is 0. The Labute approximate surface area is 143 Å². The molecule has 128 valence electrons. The van der Waals surface area contributed by atoms with E-state index in [1.807, 2.05) is 36.1 Å². The lowest BCUT2D eigenvalue weighted by Crippen LogP contribution is -2.52. The normalized spacial score (nSPS) is 14.9. The monoisotopic (exact) mass is 339 g/mol. The predicted molar refractivity (Wildman–Crippen MR) is 94.4 cm³/mol. The van der Waals surface area contributed by atoms with Gasteiger partial charge in [0.25, 0.3) is 0 Å². The van der Waals surface area contributed by atoms with Crippen molar-refractivity contribution < 1.29 is 9.53 Å². The standard InChI is InChI=1S/C17H26ClN3O2/c1-2-23-14-4-3-9-19-17(22)21-12-10-20(11-13-21)16-7-5-15(18)6-8-16/h5-8H,2-4,9-14H2,1H3,(H,19,22). The Hall–Kier alpha value is -1.46. The van der Waals surface area contributed by atoms with Crippen LogP contribution in [0.1, 0.15) is 19.8 Å². The average molecular weight is 340 g/mol. The van der Waals surface area contributed by atoms with Gasteiger partial charge in [-0.1, -0.05) is 11.6 Å². The fourth-order valence-corrected chi connectivity index (χ4v) is 2.73. The molecule has 5 nitrogen and oxygen atoms in total. The first-order valence-electron chi connectivity index (χ1n) is 8.31. The van der Waals surface area contributed by atoms with Crippen LogP contribution >= 0.6 is 11.6 Å². The third-order valence-corrected chi connectivity index (χ3v) is 4.21. The zero-order chi connectivity index (χ0) is 16.5. The van der Waals surface area contributed by atoms with Crippen LogP contribution in [0.3, 0.4) is 0 Å². The molecule has 23 heavy (non-hydrogen) atoms. The first kappa shape index (κ1) is 17.9. The summed E-state index contributed by atoms with van der Waals surface area (Å²) >= 11 is 5.92. The molecule has 0 aromatic heterocycles. The quantitative estimate of drug-likeness (QED) is 0.777. The minimum absolute atomic E-state index is 0.0390. The van der Waals surface area contributed by atoms with Gasteiger partial charge in [-0.25, -0.2) is 4.79 Å². The van der Waals surface area contributed by atoms with Crippen LogP contribution in [0, 0.1) is 0 Å². The molecule has 2 amide bonds. The van der Waals surface area contributed by atoms with Crippen LogP contribution in [0.4, 0.5) is 10.5 Å². The molecule has 1 aliphatic rings. The Morgan fingerprint density at radius 1 is 1.17 bits per heavy atom. The van der Waals surface area contributed by atoms with Crippen molar-refractivity contribution in [3.63, 3.8) is 0 Å². The van der Waals surface area contributed by atoms with E-state index in [1.165, 1.54) is 0 Å². The van der Waals surface area contributed by atoms with Crippen LogP contribution in [0.2, 0.25) is 5.02 Å². The van der Waals surface area contributed by atoms with E-state index < -0.39 is 0 Å². The maximum atomic E-state index is 12.1. The number of carbonyl (C=O) groups excluding carboxylic acids is 1. The zero-order valence-corrected chi connectivity index (χ0v) is 14.5. The van der Waals surface area contributed by atoms with Gasteiger partial charge >= 0.3 is 6.03 Å². The van der Waals surface area contributed by atoms with Gasteiger partial charge in [0.15, 0.2) is 0 Å². The number of nitrogens with zero attached hydrogens (tertiary/aromatic N) is 2. The van der Waals surface area contributed by atoms with E-state index in [-0.39, 0.29) is 6.03 Å². The molecule has 0 saturated carbocycles. The highest BCUT2D eigenvalue weighted by Gasteiger charge is 2.20. The van der Waals surface area contributed by atoms with Crippen LogP contribution < -0.4 is 10.2 Å². The highest BCUT2D eigenvalue weighted by Crippen LogP contribution is 2.19. The third-order valence-electron chi connectivity index (χ3n) is 3.95. The van der Waals surface area contributed by atoms with E-state index in [4.69, 9.17) is 16.3 Å². The first-order valence-corrected chi connectivity index (χ1v) is 8.69. The summed E-state index contributed by atoms with van der Waals surface area (Å²) in [6.07, 6.45) is 1.94. The van der Waals surface area contributed by atoms with Crippen LogP contribution in [0.15, 0.2) is 24.3 Å². The van der Waals surface area contributed by atoms with E-state index in [0.29, 0.717) is 6.54 Å². The SMILES string of the molecule is CCOCCCCNC(=O)N1CCN(c2ccc(Cl)cc2)CC1. The molecule has 0 unspecified atom stereocenters. The van der Waals surface area contributed by atoms with Gasteiger partial charge in [-0.3, -0.25) is 0 Å². The molecular formula is C17H26ClN3O2. The van der Waals surface area contributed by atoms with Crippen molar-refractivity contribution in [2.24, 2.45) is 0 Å². The van der Waals surface area contributed by atoms with Gasteiger partial charge in [0.1, 0.15) is 0 Å². The van der Waals surface area contributed by atoms with Crippen LogP contribution in [-0.4, -0.2) is 56.9 Å². The lowest BCUT2D eigenvalue weighted by Gasteiger charge is -2.36. The van der Waals surface area contributed by atoms with Gasteiger partial charge in [0, 0.05) is 56.6 Å². The number of amides is 2. The number of urea groups is 1. The van der Waals surface area contributed by atoms with Crippen LogP contribution in [0.25, 0.3) is 0 Å². The average Bonchev–Trinajstić information content (AvgIpc) is 2.58. The summed E-state index contributed by atoms with van der Waals surface area (Å²) in [5, 5.41) is 3.73. The number of nitrogens with one attached hydrogen (secondary N) is 1. The predicted octanol–water partition coefficient (Wildman–Crippen LogP) is 2.99. The van der Waals surface area contributed by atoms with E-state index in [9.17, 15) is 4.79 Å². The van der Waals surface area contributed by atoms with Gasteiger partial charge < -0.3 is 19.9 Å². The summed E-state index contributed by atoms with van der Waals surface area (Å²) in [6.45, 7) is 7.41. The topological polar surface area (TPSA) is 44.8 Å². The largest absolute Gasteiger partial charge is 0.382 e. The molecule has 2 rings (SSSR count). The van der Waals surface area contributed by atoms with E-state index in [0.717, 1.165) is 62.9 Å². The molecule has 1 aromatic carbocycles. The maximum absolute atomic E-state index is 12.1. The minimum atomic E-state index is 0.0390. The van der Waals surface area contributed by atoms with Crippen molar-refractivity contribution in [3.8, 4) is 0 Å². The molecule has 0 radical (unpaired) electrons. The maximum Gasteiger partial charge on any atom is 0.317 e. The van der Waals surface area contributed by atoms with Crippen molar-refractivity contribution in [1.29, 1.82) is 0 Å². The molecule has 1 aromatic rings. The lowest BCUT2D eigenvalue weighted by molar-refractivity contribution is 0.143. The summed E-state index contributed by atoms with van der Waals surface area (Å²) in [4.78, 5) is 16.3. The molecule has 1 fully saturated rings. The molecule has 0 aliphatic carbocycles. The molecule has 0 atom stereocenters. The van der Waals surface area contributed by atoms with E-state index in [2.05, 4.69) is 10.2 Å². The number of halogens is 1. The Bertz CT molecular complexity index is 473. The number of ether oxygens (including phenoxy) is 1. The van der Waals surface area contributed by atoms with Crippen LogP contribution in [-0.2, 0) is 4.74 Å². The number of hydrogen-bond donors (Lipinski definition) is 1. The van der Waals surface area contributed by atoms with E-state index in [1.54, 1.807) is 0 Å². The first-order chi connectivity index (χ1) is 11.2. The van der Waals surface area contributed by atoms with Crippen molar-refractivity contribution in [2.75, 3.05) is 50.8 Å². The number of rotatable bonds is 7. The summed E-state index contributed by atoms with van der Waals surface area (Å²) < 4.78 is 5.28. The second-order valence-corrected chi connectivity index (χ2v) is 6.02. The zero-order valence-electron chi connectivity index (χ0n) is 13.8. The Kier molecular flexibility index (Phi) is 7.49. The van der Waals surface area contributed by atoms with E-state index >= 15 is 0 Å². The van der Waals surface area contributed by atoms with Crippen molar-refractivity contribution in [3.05, 3.63) is 29.3 Å². The number of benzene rings is 1. The summed E-state index contributed by atoms with van der Waals surface area (Å²) in [5.74, 6) is 0. The second kappa shape index (κ2) is 9.63. The van der Waals surface area contributed by atoms with Gasteiger partial charge in [0.05, 0.1) is 0 Å². The van der Waals surface area contributed by atoms with Crippen molar-refractivity contribution in [2.45, 2.75) is 19.8 Å². The highest BCUT2D eigenvalue weighted by molar-refractivity contribution is 6.30. The fraction of sp³-hybridized carbons (Fsp3) is 0.588. The number of unbranched alkanes of at least 4 members (excludes halogenated alkanes) is 1. The number of piperazine rings is 1. The Morgan fingerprint density at radius 2 is 1.87 bits per heavy atom. The van der Waals surface area contributed by atoms with Gasteiger partial charge in [-0.15, -0.1) is 0 Å². The Morgan fingerprint density at radius 3 is 2.52 bits per heavy atom. The van der Waals surface area contributed by atoms with Crippen LogP contribution in [0.5, 0.6) is 0 Å². The van der Waals surface area contributed by atoms with Gasteiger partial charge in [-0.2, -0.15) is 0 Å². The number of carbonyl (C=O) groups is 1. The molecule has 1 aliphatic heterocycles. The van der Waals surface area contributed by atoms with Crippen molar-refractivity contribution >= 4 is 23.3 Å². The Balaban J connectivity index is 1.65. The summed E-state index contributed by atoms with van der Waals surface area (Å²) in [5.41, 5.74) is 1.16. The molecule has 0 bridgehead atoms. The third kappa shape index (κ3) is 5.92. The molecular weight excluding hydrogens is 314 g/mol. The lowest BCUT2D eigenvalue weighted by atomic mass is 10.2. The number of hydrogen-bond acceptors (Lipinski definition) is 3. The van der Waals surface area contributed by atoms with Crippen molar-refractivity contribution in [1.82, 2.24) is 10.2 Å².